The lowest BCUT2D eigenvalue weighted by atomic mass is 10.2. The molecule has 0 saturated carbocycles. The lowest BCUT2D eigenvalue weighted by Gasteiger charge is -2.26. The fraction of sp³-hybridized carbons (Fsp3) is 0.429. The zero-order chi connectivity index (χ0) is 13.7. The number of benzene rings is 1. The third kappa shape index (κ3) is 1.68. The van der Waals surface area contributed by atoms with Gasteiger partial charge >= 0.3 is 5.76 Å². The molecule has 4 rings (SSSR count). The van der Waals surface area contributed by atoms with Gasteiger partial charge in [0.1, 0.15) is 0 Å². The van der Waals surface area contributed by atoms with Crippen LogP contribution in [0.4, 0.5) is 0 Å². The summed E-state index contributed by atoms with van der Waals surface area (Å²) in [4.78, 5) is 25.7. The van der Waals surface area contributed by atoms with Crippen LogP contribution in [0.1, 0.15) is 6.42 Å². The molecule has 1 N–H and O–H groups in total. The van der Waals surface area contributed by atoms with E-state index in [1.807, 2.05) is 18.2 Å². The number of likely N-dealkylation sites (tertiary alicyclic amines) is 1. The largest absolute Gasteiger partial charge is 0.419 e. The molecule has 2 fully saturated rings. The third-order valence-electron chi connectivity index (χ3n) is 4.24. The summed E-state index contributed by atoms with van der Waals surface area (Å²) in [6, 6.07) is 7.67. The van der Waals surface area contributed by atoms with Crippen LogP contribution in [0.3, 0.4) is 0 Å². The zero-order valence-electron chi connectivity index (χ0n) is 10.9. The van der Waals surface area contributed by atoms with Gasteiger partial charge in [-0.3, -0.25) is 14.3 Å². The Morgan fingerprint density at radius 3 is 2.90 bits per heavy atom. The van der Waals surface area contributed by atoms with Crippen molar-refractivity contribution in [2.45, 2.75) is 25.0 Å². The lowest BCUT2D eigenvalue weighted by molar-refractivity contribution is -0.125. The lowest BCUT2D eigenvalue weighted by Crippen LogP contribution is -2.48. The van der Waals surface area contributed by atoms with E-state index in [0.717, 1.165) is 18.5 Å². The van der Waals surface area contributed by atoms with Crippen LogP contribution in [-0.4, -0.2) is 40.5 Å². The third-order valence-corrected chi connectivity index (χ3v) is 4.24. The van der Waals surface area contributed by atoms with Gasteiger partial charge in [0.15, 0.2) is 5.58 Å². The Kier molecular flexibility index (Phi) is 2.47. The maximum Gasteiger partial charge on any atom is 0.419 e. The predicted molar refractivity (Wildman–Crippen MR) is 72.4 cm³/mol. The zero-order valence-corrected chi connectivity index (χ0v) is 10.9. The molecule has 1 aromatic carbocycles. The summed E-state index contributed by atoms with van der Waals surface area (Å²) in [5.74, 6) is -0.217. The van der Waals surface area contributed by atoms with Crippen molar-refractivity contribution < 1.29 is 9.21 Å². The van der Waals surface area contributed by atoms with Crippen LogP contribution in [0, 0.1) is 0 Å². The molecule has 2 aromatic rings. The molecular weight excluding hydrogens is 258 g/mol. The number of nitrogens with one attached hydrogen (secondary N) is 1. The van der Waals surface area contributed by atoms with E-state index in [-0.39, 0.29) is 23.7 Å². The Bertz CT molecular complexity index is 733. The first kappa shape index (κ1) is 11.7. The number of rotatable bonds is 3. The highest BCUT2D eigenvalue weighted by molar-refractivity contribution is 5.85. The number of aromatic nitrogens is 1. The Hall–Kier alpha value is -2.08. The maximum atomic E-state index is 11.9. The van der Waals surface area contributed by atoms with E-state index in [1.54, 1.807) is 10.6 Å². The minimum Gasteiger partial charge on any atom is -0.408 e. The molecule has 2 atom stereocenters. The van der Waals surface area contributed by atoms with Crippen LogP contribution in [0.5, 0.6) is 0 Å². The standard InChI is InChI=1S/C14H15N3O3/c18-13-11-7-9(15-13)8-16(11)5-6-17-10-3-1-2-4-12(10)20-14(17)19/h1-4,9,11H,5-8H2,(H,15,18)/t9-,11-/m0/s1. The monoisotopic (exact) mass is 273 g/mol. The summed E-state index contributed by atoms with van der Waals surface area (Å²) in [7, 11) is 0. The van der Waals surface area contributed by atoms with Crippen LogP contribution in [-0.2, 0) is 11.3 Å². The van der Waals surface area contributed by atoms with Gasteiger partial charge in [-0.1, -0.05) is 12.1 Å². The summed E-state index contributed by atoms with van der Waals surface area (Å²) in [5.41, 5.74) is 1.42. The maximum absolute atomic E-state index is 11.9. The minimum absolute atomic E-state index is 0.0196. The molecule has 0 unspecified atom stereocenters. The molecule has 6 heteroatoms. The highest BCUT2D eigenvalue weighted by Crippen LogP contribution is 2.24. The number of carbonyl (C=O) groups excluding carboxylic acids is 1. The molecule has 20 heavy (non-hydrogen) atoms. The molecule has 2 saturated heterocycles. The Labute approximate surface area is 115 Å². The molecule has 3 heterocycles. The van der Waals surface area contributed by atoms with E-state index in [2.05, 4.69) is 10.2 Å². The predicted octanol–water partition coefficient (Wildman–Crippen LogP) is 0.167. The fourth-order valence-electron chi connectivity index (χ4n) is 3.28. The second-order valence-electron chi connectivity index (χ2n) is 5.44. The molecule has 1 aromatic heterocycles. The summed E-state index contributed by atoms with van der Waals surface area (Å²) in [6.45, 7) is 2.12. The topological polar surface area (TPSA) is 67.5 Å². The van der Waals surface area contributed by atoms with Gasteiger partial charge in [0.2, 0.25) is 5.91 Å². The highest BCUT2D eigenvalue weighted by atomic mass is 16.4. The number of piperazine rings is 1. The van der Waals surface area contributed by atoms with Gasteiger partial charge in [0.05, 0.1) is 11.6 Å². The van der Waals surface area contributed by atoms with Crippen molar-refractivity contribution >= 4 is 17.0 Å². The van der Waals surface area contributed by atoms with Gasteiger partial charge in [-0.05, 0) is 18.6 Å². The van der Waals surface area contributed by atoms with E-state index < -0.39 is 0 Å². The van der Waals surface area contributed by atoms with Crippen LogP contribution < -0.4 is 11.1 Å². The Morgan fingerprint density at radius 2 is 2.10 bits per heavy atom. The van der Waals surface area contributed by atoms with Crippen molar-refractivity contribution in [3.05, 3.63) is 34.8 Å². The first-order valence-corrected chi connectivity index (χ1v) is 6.85. The molecular formula is C14H15N3O3. The summed E-state index contributed by atoms with van der Waals surface area (Å²) in [6.07, 6.45) is 0.889. The minimum atomic E-state index is -0.333. The van der Waals surface area contributed by atoms with Gasteiger partial charge < -0.3 is 9.73 Å². The van der Waals surface area contributed by atoms with Crippen LogP contribution in [0.2, 0.25) is 0 Å². The molecule has 2 bridgehead atoms. The SMILES string of the molecule is O=C1N[C@H]2C[C@@H]1N(CCn1c(=O)oc3ccccc31)C2. The number of fused-ring (bicyclic) bond motifs is 3. The highest BCUT2D eigenvalue weighted by Gasteiger charge is 2.43. The first-order valence-electron chi connectivity index (χ1n) is 6.85. The summed E-state index contributed by atoms with van der Waals surface area (Å²) in [5, 5.41) is 2.95. The average Bonchev–Trinajstić information content (AvgIpc) is 3.07. The molecule has 0 radical (unpaired) electrons. The molecule has 104 valence electrons. The number of oxazole rings is 1. The number of nitrogens with zero attached hydrogens (tertiary/aromatic N) is 2. The Balaban J connectivity index is 1.56. The van der Waals surface area contributed by atoms with Crippen molar-refractivity contribution in [2.75, 3.05) is 13.1 Å². The number of amides is 1. The van der Waals surface area contributed by atoms with Gasteiger partial charge in [-0.2, -0.15) is 0 Å². The van der Waals surface area contributed by atoms with Crippen molar-refractivity contribution in [3.63, 3.8) is 0 Å². The van der Waals surface area contributed by atoms with Crippen LogP contribution >= 0.6 is 0 Å². The number of hydrogen-bond donors (Lipinski definition) is 1. The molecule has 1 amide bonds. The Morgan fingerprint density at radius 1 is 1.25 bits per heavy atom. The van der Waals surface area contributed by atoms with Gasteiger partial charge in [0, 0.05) is 25.7 Å². The van der Waals surface area contributed by atoms with Crippen LogP contribution in [0.25, 0.3) is 11.1 Å². The first-order chi connectivity index (χ1) is 9.72. The van der Waals surface area contributed by atoms with Gasteiger partial charge in [0.25, 0.3) is 0 Å². The second kappa shape index (κ2) is 4.21. The van der Waals surface area contributed by atoms with Gasteiger partial charge in [-0.15, -0.1) is 0 Å². The molecule has 2 aliphatic rings. The second-order valence-corrected chi connectivity index (χ2v) is 5.44. The number of hydrogen-bond acceptors (Lipinski definition) is 4. The quantitative estimate of drug-likeness (QED) is 0.865. The molecule has 2 aliphatic heterocycles. The summed E-state index contributed by atoms with van der Waals surface area (Å²) >= 11 is 0. The van der Waals surface area contributed by atoms with Crippen molar-refractivity contribution in [3.8, 4) is 0 Å². The smallest absolute Gasteiger partial charge is 0.408 e. The molecule has 0 spiro atoms. The van der Waals surface area contributed by atoms with Crippen LogP contribution in [0.15, 0.2) is 33.5 Å². The fourth-order valence-corrected chi connectivity index (χ4v) is 3.28. The summed E-state index contributed by atoms with van der Waals surface area (Å²) < 4.78 is 6.85. The van der Waals surface area contributed by atoms with E-state index in [1.165, 1.54) is 0 Å². The van der Waals surface area contributed by atoms with Crippen molar-refractivity contribution in [1.29, 1.82) is 0 Å². The molecule has 6 nitrogen and oxygen atoms in total. The van der Waals surface area contributed by atoms with E-state index in [0.29, 0.717) is 18.7 Å². The van der Waals surface area contributed by atoms with E-state index >= 15 is 0 Å². The number of carbonyl (C=O) groups is 1. The van der Waals surface area contributed by atoms with E-state index in [4.69, 9.17) is 4.42 Å². The normalized spacial score (nSPS) is 25.5. The van der Waals surface area contributed by atoms with Crippen molar-refractivity contribution in [2.24, 2.45) is 0 Å². The molecule has 0 aliphatic carbocycles. The average molecular weight is 273 g/mol. The van der Waals surface area contributed by atoms with Gasteiger partial charge in [-0.25, -0.2) is 4.79 Å². The van der Waals surface area contributed by atoms with E-state index in [9.17, 15) is 9.59 Å². The van der Waals surface area contributed by atoms with Crippen molar-refractivity contribution in [1.82, 2.24) is 14.8 Å². The number of para-hydroxylation sites is 2.